The van der Waals surface area contributed by atoms with Crippen LogP contribution in [0.5, 0.6) is 5.75 Å². The summed E-state index contributed by atoms with van der Waals surface area (Å²) in [5.41, 5.74) is 6.97. The van der Waals surface area contributed by atoms with E-state index in [-0.39, 0.29) is 11.4 Å². The Morgan fingerprint density at radius 2 is 2.10 bits per heavy atom. The zero-order valence-corrected chi connectivity index (χ0v) is 11.0. The Bertz CT molecular complexity index is 660. The number of nitrogens with zero attached hydrogens (tertiary/aromatic N) is 1. The first-order valence-corrected chi connectivity index (χ1v) is 6.48. The van der Waals surface area contributed by atoms with Crippen molar-refractivity contribution in [2.24, 2.45) is 5.73 Å². The largest absolute Gasteiger partial charge is 0.435 e. The molecule has 0 aliphatic carbocycles. The van der Waals surface area contributed by atoms with Crippen LogP contribution in [0.25, 0.3) is 11.3 Å². The number of nitriles is 1. The van der Waals surface area contributed by atoms with E-state index in [1.165, 1.54) is 23.5 Å². The molecule has 0 saturated heterocycles. The van der Waals surface area contributed by atoms with Crippen LogP contribution in [-0.4, -0.2) is 6.61 Å². The number of hydrogen-bond acceptors (Lipinski definition) is 4. The van der Waals surface area contributed by atoms with Gasteiger partial charge in [-0.3, -0.25) is 0 Å². The number of alkyl halides is 2. The summed E-state index contributed by atoms with van der Waals surface area (Å²) >= 11 is 1.38. The molecule has 20 heavy (non-hydrogen) atoms. The van der Waals surface area contributed by atoms with Crippen molar-refractivity contribution in [1.29, 1.82) is 5.26 Å². The number of halogens is 2. The van der Waals surface area contributed by atoms with Crippen molar-refractivity contribution in [3.8, 4) is 11.8 Å². The molecule has 0 fully saturated rings. The SMILES string of the molecule is N#C/C(=C(/N)c1cccc(OC(F)F)c1)c1cccs1. The summed E-state index contributed by atoms with van der Waals surface area (Å²) in [7, 11) is 0. The predicted molar refractivity (Wildman–Crippen MR) is 74.0 cm³/mol. The van der Waals surface area contributed by atoms with Gasteiger partial charge in [0, 0.05) is 10.4 Å². The summed E-state index contributed by atoms with van der Waals surface area (Å²) < 4.78 is 28.7. The van der Waals surface area contributed by atoms with Gasteiger partial charge in [-0.05, 0) is 23.6 Å². The molecule has 0 amide bonds. The van der Waals surface area contributed by atoms with Crippen LogP contribution in [0.4, 0.5) is 8.78 Å². The van der Waals surface area contributed by atoms with E-state index >= 15 is 0 Å². The van der Waals surface area contributed by atoms with Crippen molar-refractivity contribution in [2.45, 2.75) is 6.61 Å². The highest BCUT2D eigenvalue weighted by molar-refractivity contribution is 7.11. The first kappa shape index (κ1) is 14.0. The van der Waals surface area contributed by atoms with E-state index in [0.29, 0.717) is 11.1 Å². The van der Waals surface area contributed by atoms with Crippen LogP contribution in [0.2, 0.25) is 0 Å². The lowest BCUT2D eigenvalue weighted by Crippen LogP contribution is -2.04. The van der Waals surface area contributed by atoms with Gasteiger partial charge in [0.25, 0.3) is 0 Å². The topological polar surface area (TPSA) is 59.0 Å². The quantitative estimate of drug-likeness (QED) is 0.874. The molecule has 2 rings (SSSR count). The van der Waals surface area contributed by atoms with Gasteiger partial charge in [0.1, 0.15) is 11.8 Å². The lowest BCUT2D eigenvalue weighted by Gasteiger charge is -2.08. The second-order valence-corrected chi connectivity index (χ2v) is 4.73. The summed E-state index contributed by atoms with van der Waals surface area (Å²) in [6.45, 7) is -2.90. The van der Waals surface area contributed by atoms with E-state index < -0.39 is 6.61 Å². The maximum Gasteiger partial charge on any atom is 0.387 e. The lowest BCUT2D eigenvalue weighted by molar-refractivity contribution is -0.0498. The molecule has 0 atom stereocenters. The van der Waals surface area contributed by atoms with Crippen LogP contribution in [0, 0.1) is 11.3 Å². The fourth-order valence-corrected chi connectivity index (χ4v) is 2.39. The summed E-state index contributed by atoms with van der Waals surface area (Å²) in [6.07, 6.45) is 0. The van der Waals surface area contributed by atoms with Gasteiger partial charge in [-0.25, -0.2) is 0 Å². The summed E-state index contributed by atoms with van der Waals surface area (Å²) in [5.74, 6) is 0.00363. The van der Waals surface area contributed by atoms with Gasteiger partial charge in [0.15, 0.2) is 0 Å². The molecule has 2 aromatic rings. The minimum absolute atomic E-state index is 0.00363. The Kier molecular flexibility index (Phi) is 4.33. The molecule has 0 bridgehead atoms. The first-order chi connectivity index (χ1) is 9.61. The third kappa shape index (κ3) is 3.13. The van der Waals surface area contributed by atoms with E-state index in [4.69, 9.17) is 5.73 Å². The minimum Gasteiger partial charge on any atom is -0.435 e. The van der Waals surface area contributed by atoms with Gasteiger partial charge in [-0.1, -0.05) is 18.2 Å². The zero-order chi connectivity index (χ0) is 14.5. The Labute approximate surface area is 118 Å². The number of benzene rings is 1. The van der Waals surface area contributed by atoms with Gasteiger partial charge in [0.05, 0.1) is 11.3 Å². The number of hydrogen-bond donors (Lipinski definition) is 1. The third-order valence-electron chi connectivity index (χ3n) is 2.52. The van der Waals surface area contributed by atoms with Crippen molar-refractivity contribution in [3.05, 3.63) is 52.2 Å². The second kappa shape index (κ2) is 6.17. The van der Waals surface area contributed by atoms with E-state index in [9.17, 15) is 14.0 Å². The molecular weight excluding hydrogens is 282 g/mol. The number of nitrogens with two attached hydrogens (primary N) is 1. The van der Waals surface area contributed by atoms with Crippen molar-refractivity contribution in [2.75, 3.05) is 0 Å². The van der Waals surface area contributed by atoms with Crippen molar-refractivity contribution < 1.29 is 13.5 Å². The smallest absolute Gasteiger partial charge is 0.387 e. The number of thiophene rings is 1. The number of ether oxygens (including phenoxy) is 1. The molecule has 3 nitrogen and oxygen atoms in total. The van der Waals surface area contributed by atoms with E-state index in [0.717, 1.165) is 4.88 Å². The Morgan fingerprint density at radius 1 is 1.30 bits per heavy atom. The maximum absolute atomic E-state index is 12.2. The molecule has 0 spiro atoms. The van der Waals surface area contributed by atoms with Gasteiger partial charge in [-0.2, -0.15) is 14.0 Å². The molecule has 0 radical (unpaired) electrons. The van der Waals surface area contributed by atoms with Gasteiger partial charge in [-0.15, -0.1) is 11.3 Å². The van der Waals surface area contributed by atoms with Crippen LogP contribution in [0.1, 0.15) is 10.4 Å². The van der Waals surface area contributed by atoms with Crippen LogP contribution < -0.4 is 10.5 Å². The molecule has 6 heteroatoms. The van der Waals surface area contributed by atoms with E-state index in [2.05, 4.69) is 4.74 Å². The number of allylic oxidation sites excluding steroid dienone is 1. The first-order valence-electron chi connectivity index (χ1n) is 5.61. The minimum atomic E-state index is -2.90. The van der Waals surface area contributed by atoms with Gasteiger partial charge in [0.2, 0.25) is 0 Å². The van der Waals surface area contributed by atoms with Crippen molar-refractivity contribution in [3.63, 3.8) is 0 Å². The fraction of sp³-hybridized carbons (Fsp3) is 0.0714. The Morgan fingerprint density at radius 3 is 2.70 bits per heavy atom. The van der Waals surface area contributed by atoms with Gasteiger partial charge >= 0.3 is 6.61 Å². The van der Waals surface area contributed by atoms with Crippen LogP contribution >= 0.6 is 11.3 Å². The van der Waals surface area contributed by atoms with E-state index in [1.54, 1.807) is 24.3 Å². The highest BCUT2D eigenvalue weighted by atomic mass is 32.1. The monoisotopic (exact) mass is 292 g/mol. The van der Waals surface area contributed by atoms with Crippen molar-refractivity contribution >= 4 is 22.6 Å². The molecule has 2 N–H and O–H groups in total. The highest BCUT2D eigenvalue weighted by Crippen LogP contribution is 2.27. The summed E-state index contributed by atoms with van der Waals surface area (Å²) in [6, 6.07) is 11.6. The van der Waals surface area contributed by atoms with Crippen LogP contribution in [0.3, 0.4) is 0 Å². The molecule has 0 aliphatic rings. The Balaban J connectivity index is 2.42. The normalized spacial score (nSPS) is 11.9. The summed E-state index contributed by atoms with van der Waals surface area (Å²) in [5, 5.41) is 11.0. The molecule has 0 aliphatic heterocycles. The third-order valence-corrected chi connectivity index (χ3v) is 3.41. The predicted octanol–water partition coefficient (Wildman–Crippen LogP) is 3.70. The molecule has 102 valence electrons. The fourth-order valence-electron chi connectivity index (χ4n) is 1.65. The van der Waals surface area contributed by atoms with Crippen molar-refractivity contribution in [1.82, 2.24) is 0 Å². The zero-order valence-electron chi connectivity index (χ0n) is 10.2. The average molecular weight is 292 g/mol. The lowest BCUT2D eigenvalue weighted by atomic mass is 10.1. The second-order valence-electron chi connectivity index (χ2n) is 3.78. The maximum atomic E-state index is 12.2. The number of rotatable bonds is 4. The van der Waals surface area contributed by atoms with E-state index in [1.807, 2.05) is 11.4 Å². The highest BCUT2D eigenvalue weighted by Gasteiger charge is 2.11. The van der Waals surface area contributed by atoms with Gasteiger partial charge < -0.3 is 10.5 Å². The Hall–Kier alpha value is -2.39. The molecular formula is C14H10F2N2OS. The molecule has 1 heterocycles. The molecule has 0 saturated carbocycles. The van der Waals surface area contributed by atoms with Crippen LogP contribution in [0.15, 0.2) is 41.8 Å². The standard InChI is InChI=1S/C14H10F2N2OS/c15-14(16)19-10-4-1-3-9(7-10)13(18)11(8-17)12-5-2-6-20-12/h1-7,14H,18H2/b13-11-. The van der Waals surface area contributed by atoms with Crippen LogP contribution in [-0.2, 0) is 0 Å². The molecule has 0 unspecified atom stereocenters. The summed E-state index contributed by atoms with van der Waals surface area (Å²) in [4.78, 5) is 0.727. The average Bonchev–Trinajstić information content (AvgIpc) is 2.93. The molecule has 1 aromatic heterocycles. The molecule has 1 aromatic carbocycles.